The van der Waals surface area contributed by atoms with Gasteiger partial charge in [0, 0.05) is 11.8 Å². The second kappa shape index (κ2) is 10.2. The largest absolute Gasteiger partial charge is 1.00 e. The predicted molar refractivity (Wildman–Crippen MR) is 98.6 cm³/mol. The van der Waals surface area contributed by atoms with Crippen LogP contribution < -0.4 is 17.3 Å². The number of benzene rings is 2. The highest BCUT2D eigenvalue weighted by molar-refractivity contribution is 5.39. The molecule has 0 saturated carbocycles. The van der Waals surface area contributed by atoms with Gasteiger partial charge in [-0.05, 0) is 30.9 Å². The lowest BCUT2D eigenvalue weighted by atomic mass is 9.74. The van der Waals surface area contributed by atoms with Gasteiger partial charge in [-0.2, -0.15) is 0 Å². The minimum atomic E-state index is -0.0614. The van der Waals surface area contributed by atoms with E-state index in [1.54, 1.807) is 4.90 Å². The summed E-state index contributed by atoms with van der Waals surface area (Å²) in [5.74, 6) is 6.85. The molecule has 0 aliphatic heterocycles. The van der Waals surface area contributed by atoms with Gasteiger partial charge in [-0.1, -0.05) is 73.5 Å². The minimum absolute atomic E-state index is 0. The molecule has 0 spiro atoms. The van der Waals surface area contributed by atoms with Gasteiger partial charge < -0.3 is 17.3 Å². The number of rotatable bonds is 6. The van der Waals surface area contributed by atoms with Crippen molar-refractivity contribution in [3.8, 4) is 11.8 Å². The summed E-state index contributed by atoms with van der Waals surface area (Å²) in [5, 5.41) is 0. The molecule has 0 fully saturated rings. The van der Waals surface area contributed by atoms with Crippen LogP contribution >= 0.6 is 0 Å². The van der Waals surface area contributed by atoms with Crippen molar-refractivity contribution in [3.05, 3.63) is 71.8 Å². The Hall–Kier alpha value is -1.75. The second-order valence-electron chi connectivity index (χ2n) is 6.23. The van der Waals surface area contributed by atoms with Crippen LogP contribution in [0.4, 0.5) is 0 Å². The molecular formula is C22H28ClN. The Balaban J connectivity index is 0.00000288. The summed E-state index contributed by atoms with van der Waals surface area (Å²) in [6.07, 6.45) is 0.849. The van der Waals surface area contributed by atoms with Crippen molar-refractivity contribution in [2.45, 2.75) is 32.6 Å². The first-order valence-electron chi connectivity index (χ1n) is 8.61. The lowest BCUT2D eigenvalue weighted by Crippen LogP contribution is -3.11. The Morgan fingerprint density at radius 2 is 1.25 bits per heavy atom. The van der Waals surface area contributed by atoms with Gasteiger partial charge in [0.05, 0.1) is 13.1 Å². The van der Waals surface area contributed by atoms with Gasteiger partial charge in [-0.15, -0.1) is 0 Å². The smallest absolute Gasteiger partial charge is 0.139 e. The van der Waals surface area contributed by atoms with Crippen LogP contribution in [0.2, 0.25) is 0 Å². The Morgan fingerprint density at radius 1 is 0.792 bits per heavy atom. The normalized spacial score (nSPS) is 10.7. The van der Waals surface area contributed by atoms with Gasteiger partial charge in [0.2, 0.25) is 0 Å². The highest BCUT2D eigenvalue weighted by Crippen LogP contribution is 2.34. The molecule has 2 rings (SSSR count). The maximum Gasteiger partial charge on any atom is 0.139 e. The lowest BCUT2D eigenvalue weighted by molar-refractivity contribution is -0.889. The van der Waals surface area contributed by atoms with Crippen molar-refractivity contribution < 1.29 is 17.3 Å². The molecule has 0 bridgehead atoms. The van der Waals surface area contributed by atoms with Gasteiger partial charge >= 0.3 is 0 Å². The van der Waals surface area contributed by atoms with Crippen molar-refractivity contribution in [3.63, 3.8) is 0 Å². The zero-order valence-corrected chi connectivity index (χ0v) is 15.7. The van der Waals surface area contributed by atoms with Crippen molar-refractivity contribution >= 4 is 0 Å². The molecule has 1 N–H and O–H groups in total. The molecule has 0 saturated heterocycles. The van der Waals surface area contributed by atoms with Crippen LogP contribution in [0.5, 0.6) is 0 Å². The quantitative estimate of drug-likeness (QED) is 0.722. The van der Waals surface area contributed by atoms with Crippen molar-refractivity contribution in [2.24, 2.45) is 0 Å². The van der Waals surface area contributed by atoms with E-state index < -0.39 is 0 Å². The van der Waals surface area contributed by atoms with E-state index in [4.69, 9.17) is 0 Å². The average molecular weight is 342 g/mol. The van der Waals surface area contributed by atoms with Gasteiger partial charge in [-0.25, -0.2) is 0 Å². The molecule has 2 aromatic rings. The fraction of sp³-hybridized carbons (Fsp3) is 0.364. The molecule has 0 radical (unpaired) electrons. The molecule has 0 atom stereocenters. The number of hydrogen-bond acceptors (Lipinski definition) is 0. The van der Waals surface area contributed by atoms with E-state index in [0.717, 1.165) is 26.1 Å². The molecule has 24 heavy (non-hydrogen) atoms. The lowest BCUT2D eigenvalue weighted by Gasteiger charge is -2.29. The van der Waals surface area contributed by atoms with E-state index in [1.807, 2.05) is 0 Å². The van der Waals surface area contributed by atoms with Crippen LogP contribution in [-0.2, 0) is 5.41 Å². The topological polar surface area (TPSA) is 4.44 Å². The zero-order valence-electron chi connectivity index (χ0n) is 15.0. The fourth-order valence-corrected chi connectivity index (χ4v) is 2.91. The molecule has 0 heterocycles. The Morgan fingerprint density at radius 3 is 1.67 bits per heavy atom. The van der Waals surface area contributed by atoms with Gasteiger partial charge in [0.25, 0.3) is 0 Å². The first-order chi connectivity index (χ1) is 11.2. The third kappa shape index (κ3) is 5.13. The summed E-state index contributed by atoms with van der Waals surface area (Å²) in [7, 11) is 0. The highest BCUT2D eigenvalue weighted by atomic mass is 35.5. The van der Waals surface area contributed by atoms with E-state index in [1.165, 1.54) is 11.1 Å². The summed E-state index contributed by atoms with van der Waals surface area (Å²) < 4.78 is 0. The monoisotopic (exact) mass is 341 g/mol. The van der Waals surface area contributed by atoms with Crippen molar-refractivity contribution in [1.29, 1.82) is 0 Å². The molecule has 0 amide bonds. The average Bonchev–Trinajstić information content (AvgIpc) is 2.63. The second-order valence-corrected chi connectivity index (χ2v) is 6.23. The molecule has 0 unspecified atom stereocenters. The molecule has 2 aromatic carbocycles. The first-order valence-corrected chi connectivity index (χ1v) is 8.61. The Bertz CT molecular complexity index is 596. The molecule has 0 aliphatic rings. The van der Waals surface area contributed by atoms with Gasteiger partial charge in [-0.3, -0.25) is 0 Å². The van der Waals surface area contributed by atoms with Crippen LogP contribution in [-0.4, -0.2) is 19.6 Å². The first kappa shape index (κ1) is 20.3. The SMILES string of the molecule is CC[NH+](CC)CC#CCC(C)(c1ccccc1)c1ccccc1.[Cl-]. The van der Waals surface area contributed by atoms with Crippen LogP contribution in [0.3, 0.4) is 0 Å². The standard InChI is InChI=1S/C22H27N.ClH/c1-4-23(5-2)19-13-12-18-22(3,20-14-8-6-9-15-20)21-16-10-7-11-17-21;/h6-11,14-17H,4-5,18-19H2,1-3H3;1H. The zero-order chi connectivity index (χ0) is 16.5. The van der Waals surface area contributed by atoms with Crippen LogP contribution in [0.1, 0.15) is 38.3 Å². The summed E-state index contributed by atoms with van der Waals surface area (Å²) in [6.45, 7) is 9.96. The van der Waals surface area contributed by atoms with Crippen molar-refractivity contribution in [2.75, 3.05) is 19.6 Å². The molecule has 2 heteroatoms. The molecular weight excluding hydrogens is 314 g/mol. The maximum absolute atomic E-state index is 3.45. The summed E-state index contributed by atoms with van der Waals surface area (Å²) in [5.41, 5.74) is 2.60. The predicted octanol–water partition coefficient (Wildman–Crippen LogP) is 0.315. The number of quaternary nitrogens is 1. The van der Waals surface area contributed by atoms with Crippen LogP contribution in [0.15, 0.2) is 60.7 Å². The number of halogens is 1. The summed E-state index contributed by atoms with van der Waals surface area (Å²) in [4.78, 5) is 1.54. The number of nitrogens with one attached hydrogen (secondary N) is 1. The Labute approximate surface area is 153 Å². The highest BCUT2D eigenvalue weighted by Gasteiger charge is 2.27. The third-order valence-corrected chi connectivity index (χ3v) is 4.73. The van der Waals surface area contributed by atoms with E-state index in [2.05, 4.69) is 93.3 Å². The molecule has 0 aromatic heterocycles. The summed E-state index contributed by atoms with van der Waals surface area (Å²) in [6, 6.07) is 21.5. The van der Waals surface area contributed by atoms with E-state index in [-0.39, 0.29) is 17.8 Å². The molecule has 1 nitrogen and oxygen atoms in total. The fourth-order valence-electron chi connectivity index (χ4n) is 2.91. The summed E-state index contributed by atoms with van der Waals surface area (Å²) >= 11 is 0. The minimum Gasteiger partial charge on any atom is -1.00 e. The molecule has 128 valence electrons. The Kier molecular flexibility index (Phi) is 8.61. The van der Waals surface area contributed by atoms with Crippen LogP contribution in [0, 0.1) is 11.8 Å². The maximum atomic E-state index is 3.45. The van der Waals surface area contributed by atoms with E-state index >= 15 is 0 Å². The third-order valence-electron chi connectivity index (χ3n) is 4.73. The van der Waals surface area contributed by atoms with Crippen molar-refractivity contribution in [1.82, 2.24) is 0 Å². The molecule has 0 aliphatic carbocycles. The van der Waals surface area contributed by atoms with E-state index in [0.29, 0.717) is 0 Å². The van der Waals surface area contributed by atoms with Gasteiger partial charge in [0.1, 0.15) is 6.54 Å². The number of hydrogen-bond donors (Lipinski definition) is 1. The van der Waals surface area contributed by atoms with Crippen LogP contribution in [0.25, 0.3) is 0 Å². The van der Waals surface area contributed by atoms with Gasteiger partial charge in [0.15, 0.2) is 0 Å². The van der Waals surface area contributed by atoms with E-state index in [9.17, 15) is 0 Å².